The molecular weight excluding hydrogens is 828 g/mol. The minimum atomic E-state index is -1.66. The fraction of sp³-hybridized carbons (Fsp3) is 0.524. The lowest BCUT2D eigenvalue weighted by Gasteiger charge is -2.32. The highest BCUT2D eigenvalue weighted by Gasteiger charge is 2.41. The number of nitrogens with zero attached hydrogens (tertiary/aromatic N) is 1. The Labute approximate surface area is 365 Å². The number of amides is 7. The van der Waals surface area contributed by atoms with Gasteiger partial charge in [0, 0.05) is 22.9 Å². The molecule has 7 amide bonds. The number of nitrogens with two attached hydrogens (primary N) is 2. The minimum absolute atomic E-state index is 0.0337. The average Bonchev–Trinajstić information content (AvgIpc) is 3.71. The van der Waals surface area contributed by atoms with E-state index >= 15 is 0 Å². The van der Waals surface area contributed by atoms with Gasteiger partial charge in [0.15, 0.2) is 0 Å². The fourth-order valence-corrected chi connectivity index (χ4v) is 7.50. The molecule has 1 fully saturated rings. The van der Waals surface area contributed by atoms with Crippen LogP contribution < -0.4 is 38.1 Å². The second-order valence-corrected chi connectivity index (χ2v) is 17.2. The van der Waals surface area contributed by atoms with Crippen molar-refractivity contribution in [2.24, 2.45) is 23.3 Å². The number of carbonyl (C=O) groups is 8. The van der Waals surface area contributed by atoms with Gasteiger partial charge in [-0.2, -0.15) is 0 Å². The molecule has 334 valence electrons. The number of carbonyl (C=O) groups excluding carboxylic acids is 8. The maximum absolute atomic E-state index is 14.0. The maximum Gasteiger partial charge on any atom is 0.246 e. The van der Waals surface area contributed by atoms with Gasteiger partial charge in [0.2, 0.25) is 46.5 Å². The van der Waals surface area contributed by atoms with Crippen molar-refractivity contribution in [1.29, 1.82) is 0 Å². The monoisotopic (exact) mass is 886 g/mol. The molecule has 3 rings (SSSR count). The van der Waals surface area contributed by atoms with Crippen molar-refractivity contribution < 1.29 is 43.5 Å². The van der Waals surface area contributed by atoms with E-state index in [1.807, 2.05) is 20.8 Å². The van der Waals surface area contributed by atoms with Crippen molar-refractivity contribution in [3.05, 3.63) is 65.2 Å². The fourth-order valence-electron chi connectivity index (χ4n) is 6.57. The summed E-state index contributed by atoms with van der Waals surface area (Å²) >= 11 is 6.85. The van der Waals surface area contributed by atoms with Crippen LogP contribution in [-0.2, 0) is 44.8 Å². The minimum Gasteiger partial charge on any atom is -0.394 e. The van der Waals surface area contributed by atoms with Crippen LogP contribution in [0.25, 0.3) is 0 Å². The second kappa shape index (κ2) is 24.4. The summed E-state index contributed by atoms with van der Waals surface area (Å²) < 4.78 is 0. The normalized spacial score (nSPS) is 17.1. The van der Waals surface area contributed by atoms with Crippen molar-refractivity contribution in [2.45, 2.75) is 120 Å². The van der Waals surface area contributed by atoms with Crippen LogP contribution in [-0.4, -0.2) is 112 Å². The van der Waals surface area contributed by atoms with E-state index in [1.54, 1.807) is 61.5 Å². The molecule has 0 aromatic heterocycles. The Hall–Kier alpha value is -5.04. The van der Waals surface area contributed by atoms with Gasteiger partial charge in [-0.05, 0) is 79.6 Å². The molecular formula is C42H59ClN8O9S. The second-order valence-electron chi connectivity index (χ2n) is 15.6. The Bertz CT molecular complexity index is 1850. The Morgan fingerprint density at radius 3 is 1.97 bits per heavy atom. The van der Waals surface area contributed by atoms with Gasteiger partial charge in [0.25, 0.3) is 0 Å². The summed E-state index contributed by atoms with van der Waals surface area (Å²) in [4.78, 5) is 109. The Morgan fingerprint density at radius 1 is 0.803 bits per heavy atom. The van der Waals surface area contributed by atoms with Crippen LogP contribution in [0.1, 0.15) is 72.3 Å². The number of thioether (sulfide) groups is 1. The molecule has 10 N–H and O–H groups in total. The van der Waals surface area contributed by atoms with Crippen LogP contribution in [0, 0.1) is 11.8 Å². The number of hydrogen-bond acceptors (Lipinski definition) is 11. The lowest BCUT2D eigenvalue weighted by Crippen LogP contribution is -2.61. The molecule has 0 spiro atoms. The van der Waals surface area contributed by atoms with Crippen molar-refractivity contribution in [3.63, 3.8) is 0 Å². The largest absolute Gasteiger partial charge is 0.394 e. The number of primary amides is 1. The van der Waals surface area contributed by atoms with E-state index in [1.165, 1.54) is 11.8 Å². The number of aliphatic hydroxyl groups is 1. The number of hydrogen-bond donors (Lipinski definition) is 8. The van der Waals surface area contributed by atoms with E-state index in [-0.39, 0.29) is 37.6 Å². The van der Waals surface area contributed by atoms with E-state index in [0.717, 1.165) is 11.8 Å². The van der Waals surface area contributed by atoms with Crippen molar-refractivity contribution in [3.8, 4) is 0 Å². The highest BCUT2D eigenvalue weighted by molar-refractivity contribution is 8.13. The molecule has 0 radical (unpaired) electrons. The number of nitrogens with one attached hydrogen (secondary N) is 5. The number of benzene rings is 2. The van der Waals surface area contributed by atoms with Gasteiger partial charge >= 0.3 is 0 Å². The third-order valence-corrected chi connectivity index (χ3v) is 11.4. The van der Waals surface area contributed by atoms with E-state index in [9.17, 15) is 43.5 Å². The number of aliphatic hydroxyl groups excluding tert-OH is 1. The molecule has 2 aromatic rings. The molecule has 0 aliphatic carbocycles. The highest BCUT2D eigenvalue weighted by atomic mass is 35.5. The van der Waals surface area contributed by atoms with Crippen molar-refractivity contribution in [2.75, 3.05) is 13.2 Å². The molecule has 1 saturated heterocycles. The number of likely N-dealkylation sites (tertiary alicyclic amines) is 1. The number of rotatable bonds is 22. The third kappa shape index (κ3) is 15.7. The summed E-state index contributed by atoms with van der Waals surface area (Å²) in [6.45, 7) is 8.19. The molecule has 1 aliphatic rings. The first-order chi connectivity index (χ1) is 28.8. The first kappa shape index (κ1) is 50.3. The quantitative estimate of drug-likeness (QED) is 0.0771. The van der Waals surface area contributed by atoms with Crippen LogP contribution >= 0.6 is 23.4 Å². The third-order valence-electron chi connectivity index (χ3n) is 10.1. The molecule has 61 heavy (non-hydrogen) atoms. The first-order valence-electron chi connectivity index (χ1n) is 20.3. The van der Waals surface area contributed by atoms with Gasteiger partial charge in [-0.25, -0.2) is 0 Å². The van der Waals surface area contributed by atoms with E-state index in [4.69, 9.17) is 23.1 Å². The van der Waals surface area contributed by atoms with Gasteiger partial charge in [0.1, 0.15) is 30.2 Å². The summed E-state index contributed by atoms with van der Waals surface area (Å²) in [5.41, 5.74) is 11.9. The van der Waals surface area contributed by atoms with Crippen LogP contribution in [0.15, 0.2) is 59.5 Å². The van der Waals surface area contributed by atoms with Crippen molar-refractivity contribution in [1.82, 2.24) is 31.5 Å². The molecule has 1 aliphatic heterocycles. The zero-order valence-corrected chi connectivity index (χ0v) is 36.7. The zero-order chi connectivity index (χ0) is 45.4. The highest BCUT2D eigenvalue weighted by Crippen LogP contribution is 2.25. The topological polar surface area (TPSA) is 272 Å². The summed E-state index contributed by atoms with van der Waals surface area (Å²) in [5.74, 6) is -5.78. The standard InChI is InChI=1S/C42H59ClN8O9S/c1-6-24(4)35(50-36(54)25(5)44)41(59)51-18-10-13-33(51)40(58)47-29(20-26-11-8-7-9-12-26)37(55)46-30(21-34(45)53)38(56)49-32(22-52)39(57)48-31(19-23(2)3)42(60)61-28-16-14-27(43)15-17-28/h7-9,11-12,14-17,23-25,29-33,35,52H,6,10,13,18-22,44H2,1-5H3,(H2,45,53)(H,46,55)(H,47,58)(H,48,57)(H,49,56)(H,50,54)/t24-,25-,29-,30-,31-,32-,33-,35-/m0/s1. The Balaban J connectivity index is 1.81. The molecule has 19 heteroatoms. The molecule has 0 unspecified atom stereocenters. The molecule has 17 nitrogen and oxygen atoms in total. The lowest BCUT2D eigenvalue weighted by atomic mass is 9.97. The SMILES string of the molecule is CC[C@H](C)[C@H](NC(=O)[C@H](C)N)C(=O)N1CCC[C@H]1C(=O)N[C@@H](Cc1ccccc1)C(=O)N[C@@H](CC(N)=O)C(=O)N[C@@H](CO)C(=O)N[C@@H](CC(C)C)C(=O)Sc1ccc(Cl)cc1. The van der Waals surface area contributed by atoms with Gasteiger partial charge < -0.3 is 48.1 Å². The Morgan fingerprint density at radius 2 is 1.39 bits per heavy atom. The van der Waals surface area contributed by atoms with Gasteiger partial charge in [-0.1, -0.05) is 76.0 Å². The summed E-state index contributed by atoms with van der Waals surface area (Å²) in [7, 11) is 0. The van der Waals surface area contributed by atoms with Crippen LogP contribution in [0.3, 0.4) is 0 Å². The lowest BCUT2D eigenvalue weighted by molar-refractivity contribution is -0.143. The van der Waals surface area contributed by atoms with Gasteiger partial charge in [-0.15, -0.1) is 0 Å². The van der Waals surface area contributed by atoms with Gasteiger partial charge in [-0.3, -0.25) is 38.4 Å². The van der Waals surface area contributed by atoms with Crippen LogP contribution in [0.5, 0.6) is 0 Å². The van der Waals surface area contributed by atoms with Gasteiger partial charge in [0.05, 0.1) is 25.1 Å². The average molecular weight is 888 g/mol. The number of halogens is 1. The van der Waals surface area contributed by atoms with Crippen molar-refractivity contribution >= 4 is 69.8 Å². The van der Waals surface area contributed by atoms with E-state index in [2.05, 4.69) is 26.6 Å². The molecule has 8 atom stereocenters. The maximum atomic E-state index is 14.0. The summed E-state index contributed by atoms with van der Waals surface area (Å²) in [6.07, 6.45) is 0.747. The predicted octanol–water partition coefficient (Wildman–Crippen LogP) is 0.924. The van der Waals surface area contributed by atoms with E-state index < -0.39 is 102 Å². The molecule has 0 saturated carbocycles. The van der Waals surface area contributed by atoms with Crippen LogP contribution in [0.4, 0.5) is 0 Å². The summed E-state index contributed by atoms with van der Waals surface area (Å²) in [6, 6.07) is 6.77. The molecule has 1 heterocycles. The summed E-state index contributed by atoms with van der Waals surface area (Å²) in [5, 5.41) is 23.1. The first-order valence-corrected chi connectivity index (χ1v) is 21.5. The Kier molecular flexibility index (Phi) is 20.1. The predicted molar refractivity (Wildman–Crippen MR) is 230 cm³/mol. The zero-order valence-electron chi connectivity index (χ0n) is 35.2. The molecule has 2 aromatic carbocycles. The smallest absolute Gasteiger partial charge is 0.246 e. The van der Waals surface area contributed by atoms with E-state index in [0.29, 0.717) is 28.3 Å². The van der Waals surface area contributed by atoms with Crippen LogP contribution in [0.2, 0.25) is 5.02 Å². The molecule has 0 bridgehead atoms.